The highest BCUT2D eigenvalue weighted by Gasteiger charge is 2.17. The maximum absolute atomic E-state index is 12.1. The van der Waals surface area contributed by atoms with Gasteiger partial charge in [0.15, 0.2) is 0 Å². The Morgan fingerprint density at radius 3 is 2.65 bits per heavy atom. The molecule has 5 nitrogen and oxygen atoms in total. The molecule has 2 N–H and O–H groups in total. The SMILES string of the molecule is Cc1ccsc1CNC(=O)N(CCCC(=O)O)C(C)C. The number of amides is 2. The van der Waals surface area contributed by atoms with E-state index in [0.29, 0.717) is 19.5 Å². The van der Waals surface area contributed by atoms with Crippen molar-refractivity contribution in [2.75, 3.05) is 6.54 Å². The van der Waals surface area contributed by atoms with Gasteiger partial charge in [-0.1, -0.05) is 0 Å². The summed E-state index contributed by atoms with van der Waals surface area (Å²) in [6.07, 6.45) is 0.555. The highest BCUT2D eigenvalue weighted by atomic mass is 32.1. The molecule has 1 aromatic rings. The van der Waals surface area contributed by atoms with E-state index in [-0.39, 0.29) is 18.5 Å². The van der Waals surface area contributed by atoms with Gasteiger partial charge in [0.1, 0.15) is 0 Å². The molecule has 0 aliphatic heterocycles. The topological polar surface area (TPSA) is 69.6 Å². The number of rotatable bonds is 7. The number of urea groups is 1. The molecular weight excluding hydrogens is 276 g/mol. The summed E-state index contributed by atoms with van der Waals surface area (Å²) in [5.74, 6) is -0.830. The first-order valence-electron chi connectivity index (χ1n) is 6.71. The predicted octanol–water partition coefficient (Wildman–Crippen LogP) is 2.84. The predicted molar refractivity (Wildman–Crippen MR) is 80.0 cm³/mol. The fourth-order valence-electron chi connectivity index (χ4n) is 1.84. The van der Waals surface area contributed by atoms with Crippen LogP contribution < -0.4 is 5.32 Å². The van der Waals surface area contributed by atoms with Gasteiger partial charge in [0.25, 0.3) is 0 Å². The van der Waals surface area contributed by atoms with Crippen LogP contribution in [0.5, 0.6) is 0 Å². The average Bonchev–Trinajstić information content (AvgIpc) is 2.76. The molecule has 0 aliphatic rings. The van der Waals surface area contributed by atoms with E-state index < -0.39 is 5.97 Å². The van der Waals surface area contributed by atoms with E-state index in [4.69, 9.17) is 5.11 Å². The molecule has 112 valence electrons. The van der Waals surface area contributed by atoms with Crippen LogP contribution in [0.3, 0.4) is 0 Å². The zero-order valence-corrected chi connectivity index (χ0v) is 13.0. The molecule has 0 aliphatic carbocycles. The van der Waals surface area contributed by atoms with E-state index in [1.54, 1.807) is 16.2 Å². The lowest BCUT2D eigenvalue weighted by Gasteiger charge is -2.26. The maximum atomic E-state index is 12.1. The first-order chi connectivity index (χ1) is 9.41. The molecule has 0 radical (unpaired) electrons. The lowest BCUT2D eigenvalue weighted by atomic mass is 10.2. The number of thiophene rings is 1. The molecule has 0 saturated heterocycles. The first-order valence-corrected chi connectivity index (χ1v) is 7.59. The molecule has 6 heteroatoms. The average molecular weight is 298 g/mol. The van der Waals surface area contributed by atoms with Gasteiger partial charge in [-0.2, -0.15) is 0 Å². The van der Waals surface area contributed by atoms with Gasteiger partial charge in [0, 0.05) is 23.9 Å². The third kappa shape index (κ3) is 5.21. The number of hydrogen-bond donors (Lipinski definition) is 2. The van der Waals surface area contributed by atoms with Gasteiger partial charge in [0.05, 0.1) is 6.54 Å². The zero-order valence-electron chi connectivity index (χ0n) is 12.2. The molecule has 0 aromatic carbocycles. The number of carboxylic acid groups (broad SMARTS) is 1. The van der Waals surface area contributed by atoms with Crippen molar-refractivity contribution in [3.63, 3.8) is 0 Å². The summed E-state index contributed by atoms with van der Waals surface area (Å²) >= 11 is 1.62. The normalized spacial score (nSPS) is 10.6. The summed E-state index contributed by atoms with van der Waals surface area (Å²) < 4.78 is 0. The van der Waals surface area contributed by atoms with Crippen molar-refractivity contribution in [3.8, 4) is 0 Å². The van der Waals surface area contributed by atoms with Crippen LogP contribution in [0.15, 0.2) is 11.4 Å². The molecule has 2 amide bonds. The zero-order chi connectivity index (χ0) is 15.1. The fourth-order valence-corrected chi connectivity index (χ4v) is 2.68. The second kappa shape index (κ2) is 7.89. The van der Waals surface area contributed by atoms with E-state index in [0.717, 1.165) is 4.88 Å². The van der Waals surface area contributed by atoms with Crippen molar-refractivity contribution in [2.45, 2.75) is 46.2 Å². The van der Waals surface area contributed by atoms with Gasteiger partial charge in [-0.25, -0.2) is 4.79 Å². The quantitative estimate of drug-likeness (QED) is 0.813. The lowest BCUT2D eigenvalue weighted by Crippen LogP contribution is -2.44. The Kier molecular flexibility index (Phi) is 6.51. The monoisotopic (exact) mass is 298 g/mol. The van der Waals surface area contributed by atoms with Crippen molar-refractivity contribution in [2.24, 2.45) is 0 Å². The molecule has 0 fully saturated rings. The lowest BCUT2D eigenvalue weighted by molar-refractivity contribution is -0.137. The number of nitrogens with one attached hydrogen (secondary N) is 1. The number of hydrogen-bond acceptors (Lipinski definition) is 3. The number of carbonyl (C=O) groups excluding carboxylic acids is 1. The van der Waals surface area contributed by atoms with Crippen LogP contribution in [0, 0.1) is 6.92 Å². The molecule has 1 aromatic heterocycles. The molecular formula is C14H22N2O3S. The van der Waals surface area contributed by atoms with Crippen molar-refractivity contribution in [1.29, 1.82) is 0 Å². The van der Waals surface area contributed by atoms with Crippen LogP contribution in [0.4, 0.5) is 4.79 Å². The van der Waals surface area contributed by atoms with Crippen LogP contribution in [-0.4, -0.2) is 34.6 Å². The van der Waals surface area contributed by atoms with E-state index in [1.165, 1.54) is 5.56 Å². The number of aryl methyl sites for hydroxylation is 1. The molecule has 20 heavy (non-hydrogen) atoms. The highest BCUT2D eigenvalue weighted by Crippen LogP contribution is 2.15. The van der Waals surface area contributed by atoms with Gasteiger partial charge in [-0.3, -0.25) is 4.79 Å². The molecule has 1 heterocycles. The van der Waals surface area contributed by atoms with Crippen LogP contribution in [-0.2, 0) is 11.3 Å². The summed E-state index contributed by atoms with van der Waals surface area (Å²) in [7, 11) is 0. The van der Waals surface area contributed by atoms with Crippen molar-refractivity contribution in [3.05, 3.63) is 21.9 Å². The molecule has 0 unspecified atom stereocenters. The summed E-state index contributed by atoms with van der Waals surface area (Å²) in [5.41, 5.74) is 1.18. The van der Waals surface area contributed by atoms with E-state index >= 15 is 0 Å². The Morgan fingerprint density at radius 2 is 2.15 bits per heavy atom. The number of aliphatic carboxylic acids is 1. The third-order valence-electron chi connectivity index (χ3n) is 3.04. The number of carboxylic acids is 1. The second-order valence-electron chi connectivity index (χ2n) is 4.97. The number of nitrogens with zero attached hydrogens (tertiary/aromatic N) is 1. The van der Waals surface area contributed by atoms with E-state index in [9.17, 15) is 9.59 Å². The highest BCUT2D eigenvalue weighted by molar-refractivity contribution is 7.10. The summed E-state index contributed by atoms with van der Waals surface area (Å²) in [4.78, 5) is 25.5. The van der Waals surface area contributed by atoms with E-state index in [2.05, 4.69) is 5.32 Å². The van der Waals surface area contributed by atoms with Crippen molar-refractivity contribution >= 4 is 23.3 Å². The Bertz CT molecular complexity index is 457. The minimum atomic E-state index is -0.830. The van der Waals surface area contributed by atoms with Gasteiger partial charge in [-0.15, -0.1) is 11.3 Å². The van der Waals surface area contributed by atoms with Gasteiger partial charge >= 0.3 is 12.0 Å². The minimum absolute atomic E-state index is 0.0493. The number of carbonyl (C=O) groups is 2. The summed E-state index contributed by atoms with van der Waals surface area (Å²) in [5, 5.41) is 13.5. The Balaban J connectivity index is 2.47. The van der Waals surface area contributed by atoms with E-state index in [1.807, 2.05) is 32.2 Å². The molecule has 0 bridgehead atoms. The van der Waals surface area contributed by atoms with Crippen LogP contribution in [0.1, 0.15) is 37.1 Å². The molecule has 1 rings (SSSR count). The second-order valence-corrected chi connectivity index (χ2v) is 5.97. The van der Waals surface area contributed by atoms with Gasteiger partial charge in [0.2, 0.25) is 0 Å². The smallest absolute Gasteiger partial charge is 0.317 e. The van der Waals surface area contributed by atoms with Crippen molar-refractivity contribution < 1.29 is 14.7 Å². The van der Waals surface area contributed by atoms with Crippen molar-refractivity contribution in [1.82, 2.24) is 10.2 Å². The Labute approximate surface area is 123 Å². The standard InChI is InChI=1S/C14H22N2O3S/c1-10(2)16(7-4-5-13(17)18)14(19)15-9-12-11(3)6-8-20-12/h6,8,10H,4-5,7,9H2,1-3H3,(H,15,19)(H,17,18). The molecule has 0 spiro atoms. The minimum Gasteiger partial charge on any atom is -0.481 e. The van der Waals surface area contributed by atoms with Crippen LogP contribution in [0.25, 0.3) is 0 Å². The van der Waals surface area contributed by atoms with Crippen LogP contribution >= 0.6 is 11.3 Å². The fraction of sp³-hybridized carbons (Fsp3) is 0.571. The van der Waals surface area contributed by atoms with Gasteiger partial charge < -0.3 is 15.3 Å². The third-order valence-corrected chi connectivity index (χ3v) is 4.07. The van der Waals surface area contributed by atoms with Gasteiger partial charge in [-0.05, 0) is 44.2 Å². The summed E-state index contributed by atoms with van der Waals surface area (Å²) in [6, 6.07) is 1.94. The molecule has 0 atom stereocenters. The Hall–Kier alpha value is -1.56. The first kappa shape index (κ1) is 16.5. The molecule has 0 saturated carbocycles. The summed E-state index contributed by atoms with van der Waals surface area (Å²) in [6.45, 7) is 6.85. The Morgan fingerprint density at radius 1 is 1.45 bits per heavy atom. The van der Waals surface area contributed by atoms with Crippen LogP contribution in [0.2, 0.25) is 0 Å². The largest absolute Gasteiger partial charge is 0.481 e. The maximum Gasteiger partial charge on any atom is 0.317 e.